The lowest BCUT2D eigenvalue weighted by molar-refractivity contribution is -0.145. The molecule has 3 nitrogen and oxygen atoms in total. The molecule has 0 heterocycles. The van der Waals surface area contributed by atoms with Gasteiger partial charge in [0.2, 0.25) is 0 Å². The van der Waals surface area contributed by atoms with Gasteiger partial charge in [0.25, 0.3) is 0 Å². The Morgan fingerprint density at radius 2 is 2.09 bits per heavy atom. The average Bonchev–Trinajstić information content (AvgIpc) is 1.88. The zero-order valence-corrected chi connectivity index (χ0v) is 7.65. The van der Waals surface area contributed by atoms with E-state index in [-0.39, 0.29) is 6.61 Å². The van der Waals surface area contributed by atoms with Gasteiger partial charge >= 0.3 is 5.97 Å². The van der Waals surface area contributed by atoms with Crippen LogP contribution in [-0.2, 0) is 4.79 Å². The van der Waals surface area contributed by atoms with E-state index < -0.39 is 11.4 Å². The van der Waals surface area contributed by atoms with Gasteiger partial charge in [-0.3, -0.25) is 4.79 Å². The van der Waals surface area contributed by atoms with Gasteiger partial charge in [0.05, 0.1) is 12.0 Å². The van der Waals surface area contributed by atoms with E-state index in [1.54, 1.807) is 13.8 Å². The molecule has 11 heavy (non-hydrogen) atoms. The lowest BCUT2D eigenvalue weighted by Crippen LogP contribution is -2.26. The number of aliphatic carboxylic acids is 1. The maximum absolute atomic E-state index is 10.5. The van der Waals surface area contributed by atoms with Crippen LogP contribution in [0.15, 0.2) is 0 Å². The molecule has 0 aromatic carbocycles. The Morgan fingerprint density at radius 3 is 2.45 bits per heavy atom. The minimum absolute atomic E-state index is 0.111. The van der Waals surface area contributed by atoms with Crippen LogP contribution in [0.1, 0.15) is 13.8 Å². The fourth-order valence-electron chi connectivity index (χ4n) is 0.454. The van der Waals surface area contributed by atoms with E-state index in [2.05, 4.69) is 0 Å². The van der Waals surface area contributed by atoms with Gasteiger partial charge in [0, 0.05) is 11.5 Å². The van der Waals surface area contributed by atoms with Crippen molar-refractivity contribution in [2.24, 2.45) is 5.41 Å². The van der Waals surface area contributed by atoms with Crippen LogP contribution in [0.4, 0.5) is 0 Å². The quantitative estimate of drug-likeness (QED) is 0.612. The first-order valence-corrected chi connectivity index (χ1v) is 4.58. The highest BCUT2D eigenvalue weighted by Crippen LogP contribution is 2.21. The molecule has 4 heteroatoms. The molecule has 0 saturated heterocycles. The monoisotopic (exact) mass is 178 g/mol. The van der Waals surface area contributed by atoms with Crippen molar-refractivity contribution in [2.75, 3.05) is 18.1 Å². The molecule has 0 fully saturated rings. The van der Waals surface area contributed by atoms with Crippen LogP contribution in [0.2, 0.25) is 0 Å². The molecule has 2 N–H and O–H groups in total. The van der Waals surface area contributed by atoms with Gasteiger partial charge in [0.1, 0.15) is 0 Å². The van der Waals surface area contributed by atoms with E-state index in [0.29, 0.717) is 11.5 Å². The number of hydrogen-bond donors (Lipinski definition) is 2. The summed E-state index contributed by atoms with van der Waals surface area (Å²) in [4.78, 5) is 10.5. The van der Waals surface area contributed by atoms with E-state index in [9.17, 15) is 4.79 Å². The second kappa shape index (κ2) is 4.62. The number of carboxylic acids is 1. The lowest BCUT2D eigenvalue weighted by atomic mass is 9.97. The Labute approximate surface area is 70.8 Å². The summed E-state index contributed by atoms with van der Waals surface area (Å²) in [7, 11) is 0. The third-order valence-corrected chi connectivity index (χ3v) is 2.67. The van der Waals surface area contributed by atoms with Gasteiger partial charge in [-0.25, -0.2) is 0 Å². The van der Waals surface area contributed by atoms with Crippen molar-refractivity contribution >= 4 is 17.7 Å². The molecule has 0 aliphatic heterocycles. The molecule has 0 bridgehead atoms. The summed E-state index contributed by atoms with van der Waals surface area (Å²) in [5.41, 5.74) is -0.681. The number of aliphatic hydroxyl groups is 1. The van der Waals surface area contributed by atoms with Crippen LogP contribution >= 0.6 is 11.8 Å². The molecule has 0 aromatic rings. The molecular formula is C7H14O3S. The molecule has 0 aliphatic rings. The highest BCUT2D eigenvalue weighted by Gasteiger charge is 2.26. The minimum atomic E-state index is -0.789. The predicted molar refractivity (Wildman–Crippen MR) is 45.8 cm³/mol. The molecule has 0 amide bonds. The van der Waals surface area contributed by atoms with Gasteiger partial charge < -0.3 is 10.2 Å². The van der Waals surface area contributed by atoms with Gasteiger partial charge in [0.15, 0.2) is 0 Å². The van der Waals surface area contributed by atoms with Crippen molar-refractivity contribution in [3.8, 4) is 0 Å². The summed E-state index contributed by atoms with van der Waals surface area (Å²) in [5, 5.41) is 17.1. The molecular weight excluding hydrogens is 164 g/mol. The number of aliphatic hydroxyl groups excluding tert-OH is 1. The van der Waals surface area contributed by atoms with Crippen molar-refractivity contribution in [3.63, 3.8) is 0 Å². The average molecular weight is 178 g/mol. The van der Waals surface area contributed by atoms with Crippen molar-refractivity contribution in [3.05, 3.63) is 0 Å². The van der Waals surface area contributed by atoms with E-state index in [0.717, 1.165) is 0 Å². The molecule has 0 radical (unpaired) electrons. The number of carbonyl (C=O) groups is 1. The van der Waals surface area contributed by atoms with E-state index in [4.69, 9.17) is 10.2 Å². The summed E-state index contributed by atoms with van der Waals surface area (Å²) in [6.45, 7) is 3.47. The zero-order chi connectivity index (χ0) is 8.91. The van der Waals surface area contributed by atoms with Crippen molar-refractivity contribution in [2.45, 2.75) is 13.8 Å². The first-order chi connectivity index (χ1) is 5.00. The van der Waals surface area contributed by atoms with Crippen LogP contribution in [-0.4, -0.2) is 34.3 Å². The first-order valence-electron chi connectivity index (χ1n) is 3.42. The van der Waals surface area contributed by atoms with Gasteiger partial charge in [-0.2, -0.15) is 11.8 Å². The van der Waals surface area contributed by atoms with Gasteiger partial charge in [-0.15, -0.1) is 0 Å². The molecule has 0 rings (SSSR count). The summed E-state index contributed by atoms with van der Waals surface area (Å²) >= 11 is 1.46. The van der Waals surface area contributed by atoms with Gasteiger partial charge in [-0.1, -0.05) is 0 Å². The van der Waals surface area contributed by atoms with Crippen molar-refractivity contribution < 1.29 is 15.0 Å². The smallest absolute Gasteiger partial charge is 0.309 e. The van der Waals surface area contributed by atoms with E-state index in [1.165, 1.54) is 11.8 Å². The van der Waals surface area contributed by atoms with Crippen LogP contribution in [0.3, 0.4) is 0 Å². The minimum Gasteiger partial charge on any atom is -0.481 e. The number of carboxylic acid groups (broad SMARTS) is 1. The standard InChI is InChI=1S/C7H14O3S/c1-7(2,6(9)10)5-11-4-3-8/h8H,3-5H2,1-2H3,(H,9,10). The summed E-state index contributed by atoms with van der Waals surface area (Å²) in [5.74, 6) is 0.363. The molecule has 0 aromatic heterocycles. The van der Waals surface area contributed by atoms with Crippen molar-refractivity contribution in [1.29, 1.82) is 0 Å². The van der Waals surface area contributed by atoms with E-state index >= 15 is 0 Å². The number of hydrogen-bond acceptors (Lipinski definition) is 3. The predicted octanol–water partition coefficient (Wildman–Crippen LogP) is 0.823. The maximum atomic E-state index is 10.5. The second-order valence-corrected chi connectivity index (χ2v) is 4.07. The Kier molecular flexibility index (Phi) is 4.52. The molecule has 0 spiro atoms. The zero-order valence-electron chi connectivity index (χ0n) is 6.83. The third kappa shape index (κ3) is 4.27. The maximum Gasteiger partial charge on any atom is 0.309 e. The highest BCUT2D eigenvalue weighted by molar-refractivity contribution is 7.99. The largest absolute Gasteiger partial charge is 0.481 e. The summed E-state index contributed by atoms with van der Waals surface area (Å²) in [6, 6.07) is 0. The number of rotatable bonds is 5. The molecule has 0 unspecified atom stereocenters. The van der Waals surface area contributed by atoms with Crippen LogP contribution in [0, 0.1) is 5.41 Å². The summed E-state index contributed by atoms with van der Waals surface area (Å²) < 4.78 is 0. The summed E-state index contributed by atoms with van der Waals surface area (Å²) in [6.07, 6.45) is 0. The number of thioether (sulfide) groups is 1. The normalized spacial score (nSPS) is 11.5. The Morgan fingerprint density at radius 1 is 1.55 bits per heavy atom. The topological polar surface area (TPSA) is 57.5 Å². The third-order valence-electron chi connectivity index (χ3n) is 1.28. The lowest BCUT2D eigenvalue weighted by Gasteiger charge is -2.17. The Bertz CT molecular complexity index is 134. The van der Waals surface area contributed by atoms with Crippen LogP contribution < -0.4 is 0 Å². The first kappa shape index (κ1) is 10.8. The second-order valence-electron chi connectivity index (χ2n) is 2.97. The molecule has 0 saturated carbocycles. The molecule has 66 valence electrons. The van der Waals surface area contributed by atoms with Gasteiger partial charge in [-0.05, 0) is 13.8 Å². The fraction of sp³-hybridized carbons (Fsp3) is 0.857. The fourth-order valence-corrected chi connectivity index (χ4v) is 1.36. The van der Waals surface area contributed by atoms with Crippen LogP contribution in [0.25, 0.3) is 0 Å². The SMILES string of the molecule is CC(C)(CSCCO)C(=O)O. The Hall–Kier alpha value is -0.220. The molecule has 0 atom stereocenters. The Balaban J connectivity index is 3.64. The highest BCUT2D eigenvalue weighted by atomic mass is 32.2. The van der Waals surface area contributed by atoms with E-state index in [1.807, 2.05) is 0 Å². The van der Waals surface area contributed by atoms with Crippen molar-refractivity contribution in [1.82, 2.24) is 0 Å². The van der Waals surface area contributed by atoms with Crippen LogP contribution in [0.5, 0.6) is 0 Å². The molecule has 0 aliphatic carbocycles.